The molecule has 2 amide bonds. The molecule has 2 aromatic carbocycles. The number of nitrogens with zero attached hydrogens (tertiary/aromatic N) is 2. The van der Waals surface area contributed by atoms with E-state index in [1.165, 1.54) is 29.2 Å². The van der Waals surface area contributed by atoms with Gasteiger partial charge in [0.25, 0.3) is 0 Å². The molecule has 32 heavy (non-hydrogen) atoms. The Kier molecular flexibility index (Phi) is 7.57. The van der Waals surface area contributed by atoms with E-state index in [9.17, 15) is 18.4 Å². The Morgan fingerprint density at radius 1 is 1.28 bits per heavy atom. The van der Waals surface area contributed by atoms with Gasteiger partial charge in [-0.1, -0.05) is 17.8 Å². The molecule has 0 saturated carbocycles. The van der Waals surface area contributed by atoms with Gasteiger partial charge in [0.05, 0.1) is 12.3 Å². The van der Waals surface area contributed by atoms with Gasteiger partial charge in [0, 0.05) is 36.8 Å². The van der Waals surface area contributed by atoms with E-state index in [0.29, 0.717) is 28.9 Å². The summed E-state index contributed by atoms with van der Waals surface area (Å²) in [5.74, 6) is -0.126. The Morgan fingerprint density at radius 2 is 2.00 bits per heavy atom. The third-order valence-corrected chi connectivity index (χ3v) is 5.59. The Labute approximate surface area is 192 Å². The number of anilines is 1. The van der Waals surface area contributed by atoms with Gasteiger partial charge in [-0.2, -0.15) is 0 Å². The zero-order valence-corrected chi connectivity index (χ0v) is 18.8. The SMILES string of the molecule is CCOc1cccc(NC(=O)[C@@H]2CC(=O)N(C)C(=Nc3ccc(OC(F)(F)Cl)cc3)S2)c1. The summed E-state index contributed by atoms with van der Waals surface area (Å²) in [5, 5.41) is 2.41. The number of benzene rings is 2. The summed E-state index contributed by atoms with van der Waals surface area (Å²) in [6.07, 6.45) is 0.00868. The normalized spacial score (nSPS) is 17.9. The standard InChI is InChI=1S/C21H20ClF2N3O4S/c1-3-30-16-6-4-5-14(11-16)25-19(29)17-12-18(28)27(2)20(32-17)26-13-7-9-15(10-8-13)31-21(22,23)24/h4-11,17H,3,12H2,1-2H3,(H,25,29)/t17-/m0/s1. The highest BCUT2D eigenvalue weighted by atomic mass is 35.5. The molecule has 1 aliphatic rings. The van der Waals surface area contributed by atoms with Crippen LogP contribution in [0.4, 0.5) is 20.2 Å². The minimum atomic E-state index is -3.82. The van der Waals surface area contributed by atoms with Gasteiger partial charge in [-0.25, -0.2) is 4.99 Å². The van der Waals surface area contributed by atoms with Crippen LogP contribution in [-0.2, 0) is 9.59 Å². The first kappa shape index (κ1) is 23.8. The summed E-state index contributed by atoms with van der Waals surface area (Å²) in [6.45, 7) is 2.36. The number of aliphatic imine (C=N–C) groups is 1. The lowest BCUT2D eigenvalue weighted by atomic mass is 10.2. The smallest absolute Gasteiger partial charge is 0.487 e. The number of carbonyl (C=O) groups is 2. The van der Waals surface area contributed by atoms with Gasteiger partial charge in [0.2, 0.25) is 11.8 Å². The Hall–Kier alpha value is -2.85. The second-order valence-corrected chi connectivity index (χ2v) is 8.26. The minimum Gasteiger partial charge on any atom is -0.494 e. The van der Waals surface area contributed by atoms with Gasteiger partial charge >= 0.3 is 5.57 Å². The molecule has 0 spiro atoms. The van der Waals surface area contributed by atoms with Crippen LogP contribution in [0.25, 0.3) is 0 Å². The number of amides is 2. The lowest BCUT2D eigenvalue weighted by Gasteiger charge is -2.28. The van der Waals surface area contributed by atoms with Crippen LogP contribution in [-0.4, -0.2) is 46.4 Å². The lowest BCUT2D eigenvalue weighted by Crippen LogP contribution is -2.43. The molecule has 1 atom stereocenters. The van der Waals surface area contributed by atoms with Crippen molar-refractivity contribution in [2.45, 2.75) is 24.2 Å². The molecular weight excluding hydrogens is 464 g/mol. The number of alkyl halides is 3. The van der Waals surface area contributed by atoms with E-state index in [1.54, 1.807) is 31.3 Å². The summed E-state index contributed by atoms with van der Waals surface area (Å²) >= 11 is 5.88. The van der Waals surface area contributed by atoms with Crippen molar-refractivity contribution < 1.29 is 27.8 Å². The number of nitrogens with one attached hydrogen (secondary N) is 1. The topological polar surface area (TPSA) is 80.2 Å². The zero-order valence-electron chi connectivity index (χ0n) is 17.2. The molecule has 0 bridgehead atoms. The molecule has 0 aromatic heterocycles. The van der Waals surface area contributed by atoms with Crippen LogP contribution in [0.1, 0.15) is 13.3 Å². The molecule has 1 saturated heterocycles. The summed E-state index contributed by atoms with van der Waals surface area (Å²) < 4.78 is 35.2. The maximum atomic E-state index is 12.8. The van der Waals surface area contributed by atoms with Gasteiger partial charge in [-0.3, -0.25) is 14.5 Å². The van der Waals surface area contributed by atoms with Gasteiger partial charge in [0.1, 0.15) is 16.7 Å². The molecule has 0 unspecified atom stereocenters. The highest BCUT2D eigenvalue weighted by molar-refractivity contribution is 8.15. The molecule has 2 aromatic rings. The lowest BCUT2D eigenvalue weighted by molar-refractivity contribution is -0.128. The van der Waals surface area contributed by atoms with E-state index in [0.717, 1.165) is 11.8 Å². The second-order valence-electron chi connectivity index (χ2n) is 6.65. The first-order valence-corrected chi connectivity index (χ1v) is 10.8. The van der Waals surface area contributed by atoms with Crippen LogP contribution in [0.3, 0.4) is 0 Å². The predicted molar refractivity (Wildman–Crippen MR) is 120 cm³/mol. The molecular formula is C21H20ClF2N3O4S. The monoisotopic (exact) mass is 483 g/mol. The van der Waals surface area contributed by atoms with Crippen LogP contribution in [0, 0.1) is 0 Å². The van der Waals surface area contributed by atoms with Crippen molar-refractivity contribution in [2.24, 2.45) is 4.99 Å². The average molecular weight is 484 g/mol. The number of hydrogen-bond donors (Lipinski definition) is 1. The third kappa shape index (κ3) is 6.57. The van der Waals surface area contributed by atoms with Crippen molar-refractivity contribution in [3.63, 3.8) is 0 Å². The van der Waals surface area contributed by atoms with Crippen LogP contribution in [0.2, 0.25) is 0 Å². The molecule has 1 fully saturated rings. The molecule has 3 rings (SSSR count). The highest BCUT2D eigenvalue weighted by Gasteiger charge is 2.34. The molecule has 170 valence electrons. The number of hydrogen-bond acceptors (Lipinski definition) is 6. The third-order valence-electron chi connectivity index (χ3n) is 4.27. The number of amidine groups is 1. The van der Waals surface area contributed by atoms with Crippen molar-refractivity contribution in [3.05, 3.63) is 48.5 Å². The van der Waals surface area contributed by atoms with E-state index in [2.05, 4.69) is 15.0 Å². The molecule has 1 aliphatic heterocycles. The van der Waals surface area contributed by atoms with E-state index in [1.807, 2.05) is 6.92 Å². The van der Waals surface area contributed by atoms with E-state index >= 15 is 0 Å². The fraction of sp³-hybridized carbons (Fsp3) is 0.286. The molecule has 7 nitrogen and oxygen atoms in total. The number of carbonyl (C=O) groups excluding carboxylic acids is 2. The number of thioether (sulfide) groups is 1. The first-order chi connectivity index (χ1) is 15.1. The summed E-state index contributed by atoms with van der Waals surface area (Å²) in [4.78, 5) is 30.9. The first-order valence-electron chi connectivity index (χ1n) is 9.56. The van der Waals surface area contributed by atoms with Crippen LogP contribution >= 0.6 is 23.4 Å². The molecule has 1 heterocycles. The molecule has 1 N–H and O–H groups in total. The summed E-state index contributed by atoms with van der Waals surface area (Å²) in [5.41, 5.74) is -2.87. The number of ether oxygens (including phenoxy) is 2. The molecule has 0 radical (unpaired) electrons. The fourth-order valence-corrected chi connectivity index (χ4v) is 3.94. The zero-order chi connectivity index (χ0) is 23.3. The quantitative estimate of drug-likeness (QED) is 0.570. The van der Waals surface area contributed by atoms with E-state index < -0.39 is 10.8 Å². The van der Waals surface area contributed by atoms with Crippen molar-refractivity contribution in [1.82, 2.24) is 4.90 Å². The largest absolute Gasteiger partial charge is 0.494 e. The van der Waals surface area contributed by atoms with Crippen molar-refractivity contribution in [1.29, 1.82) is 0 Å². The highest BCUT2D eigenvalue weighted by Crippen LogP contribution is 2.31. The van der Waals surface area contributed by atoms with Crippen molar-refractivity contribution >= 4 is 51.7 Å². The van der Waals surface area contributed by atoms with Gasteiger partial charge in [0.15, 0.2) is 5.17 Å². The van der Waals surface area contributed by atoms with Crippen LogP contribution in [0.5, 0.6) is 11.5 Å². The van der Waals surface area contributed by atoms with E-state index in [-0.39, 0.29) is 24.0 Å². The number of rotatable bonds is 7. The van der Waals surface area contributed by atoms with Crippen LogP contribution < -0.4 is 14.8 Å². The predicted octanol–water partition coefficient (Wildman–Crippen LogP) is 4.84. The maximum absolute atomic E-state index is 12.8. The summed E-state index contributed by atoms with van der Waals surface area (Å²) in [7, 11) is 1.55. The van der Waals surface area contributed by atoms with Crippen molar-refractivity contribution in [3.8, 4) is 11.5 Å². The van der Waals surface area contributed by atoms with Gasteiger partial charge in [-0.15, -0.1) is 8.78 Å². The Bertz CT molecular complexity index is 1010. The maximum Gasteiger partial charge on any atom is 0.487 e. The molecule has 0 aliphatic carbocycles. The minimum absolute atomic E-state index is 0.00868. The fourth-order valence-electron chi connectivity index (χ4n) is 2.78. The Balaban J connectivity index is 1.72. The van der Waals surface area contributed by atoms with Crippen LogP contribution in [0.15, 0.2) is 53.5 Å². The van der Waals surface area contributed by atoms with Crippen molar-refractivity contribution in [2.75, 3.05) is 19.0 Å². The average Bonchev–Trinajstić information content (AvgIpc) is 2.72. The molecule has 11 heteroatoms. The Morgan fingerprint density at radius 3 is 2.66 bits per heavy atom. The second kappa shape index (κ2) is 10.2. The number of halogens is 3. The van der Waals surface area contributed by atoms with Gasteiger partial charge in [-0.05, 0) is 43.3 Å². The van der Waals surface area contributed by atoms with E-state index in [4.69, 9.17) is 16.3 Å². The van der Waals surface area contributed by atoms with Gasteiger partial charge < -0.3 is 14.8 Å². The summed E-state index contributed by atoms with van der Waals surface area (Å²) in [6, 6.07) is 12.4.